The Bertz CT molecular complexity index is 555. The van der Waals surface area contributed by atoms with E-state index >= 15 is 0 Å². The Morgan fingerprint density at radius 3 is 2.50 bits per heavy atom. The minimum atomic E-state index is -1.71. The summed E-state index contributed by atoms with van der Waals surface area (Å²) in [4.78, 5) is 31.3. The number of nitrogens with one attached hydrogen (secondary N) is 1. The second-order valence-corrected chi connectivity index (χ2v) is 2.98. The molecule has 1 heterocycles. The molecule has 1 aliphatic heterocycles. The van der Waals surface area contributed by atoms with E-state index in [1.807, 2.05) is 5.32 Å². The summed E-state index contributed by atoms with van der Waals surface area (Å²) in [5, 5.41) is 12.3. The maximum atomic E-state index is 13.1. The highest BCUT2D eigenvalue weighted by molar-refractivity contribution is 6.52. The minimum absolute atomic E-state index is 0.456. The van der Waals surface area contributed by atoms with Gasteiger partial charge in [0.1, 0.15) is 5.69 Å². The molecule has 0 radical (unpaired) electrons. The number of ketones is 1. The first kappa shape index (κ1) is 10.1. The molecule has 0 atom stereocenters. The van der Waals surface area contributed by atoms with Crippen molar-refractivity contribution in [3.63, 3.8) is 0 Å². The Balaban J connectivity index is 2.82. The zero-order valence-corrected chi connectivity index (χ0v) is 7.41. The van der Waals surface area contributed by atoms with Gasteiger partial charge in [-0.15, -0.1) is 0 Å². The summed E-state index contributed by atoms with van der Waals surface area (Å²) in [7, 11) is 0. The maximum Gasteiger partial charge on any atom is 0.331 e. The highest BCUT2D eigenvalue weighted by atomic mass is 19.2. The monoisotopic (exact) mass is 228 g/mol. The minimum Gasteiger partial charge on any atom is -0.313 e. The molecule has 8 heteroatoms. The number of halogens is 2. The van der Waals surface area contributed by atoms with Gasteiger partial charge in [-0.25, -0.2) is 4.39 Å². The van der Waals surface area contributed by atoms with Gasteiger partial charge in [-0.05, 0) is 6.07 Å². The predicted octanol–water partition coefficient (Wildman–Crippen LogP) is 1.01. The molecule has 1 aromatic rings. The summed E-state index contributed by atoms with van der Waals surface area (Å²) in [6.45, 7) is 0. The summed E-state index contributed by atoms with van der Waals surface area (Å²) < 4.78 is 26.0. The summed E-state index contributed by atoms with van der Waals surface area (Å²) >= 11 is 0. The molecule has 2 rings (SSSR count). The maximum absolute atomic E-state index is 13.1. The number of nitro groups is 1. The largest absolute Gasteiger partial charge is 0.331 e. The standard InChI is InChI=1S/C8H2F2N2O4/c9-3-1-2-5(11-8(14)7(2)13)6(4(3)10)12(15)16/h1H,(H,11,13,14). The number of fused-ring (bicyclic) bond motifs is 1. The normalized spacial score (nSPS) is 13.6. The number of amides is 1. The van der Waals surface area contributed by atoms with Gasteiger partial charge in [0.25, 0.3) is 11.7 Å². The Labute approximate surface area is 86.0 Å². The lowest BCUT2D eigenvalue weighted by molar-refractivity contribution is -0.386. The van der Waals surface area contributed by atoms with Crippen LogP contribution in [0.4, 0.5) is 20.2 Å². The van der Waals surface area contributed by atoms with Gasteiger partial charge in [-0.1, -0.05) is 0 Å². The third-order valence-electron chi connectivity index (χ3n) is 2.07. The number of nitrogens with zero attached hydrogens (tertiary/aromatic N) is 1. The van der Waals surface area contributed by atoms with Gasteiger partial charge >= 0.3 is 5.69 Å². The van der Waals surface area contributed by atoms with E-state index in [-0.39, 0.29) is 0 Å². The van der Waals surface area contributed by atoms with Gasteiger partial charge in [0, 0.05) is 0 Å². The summed E-state index contributed by atoms with van der Waals surface area (Å²) in [5.74, 6) is -5.53. The molecule has 0 spiro atoms. The number of hydrogen-bond acceptors (Lipinski definition) is 4. The van der Waals surface area contributed by atoms with Gasteiger partial charge in [0.05, 0.1) is 10.5 Å². The fourth-order valence-electron chi connectivity index (χ4n) is 1.38. The first-order valence-corrected chi connectivity index (χ1v) is 3.95. The first-order chi connectivity index (χ1) is 7.43. The second-order valence-electron chi connectivity index (χ2n) is 2.98. The quantitative estimate of drug-likeness (QED) is 0.441. The number of benzene rings is 1. The number of rotatable bonds is 1. The number of hydrogen-bond donors (Lipinski definition) is 1. The van der Waals surface area contributed by atoms with Crippen LogP contribution < -0.4 is 5.32 Å². The lowest BCUT2D eigenvalue weighted by Gasteiger charge is -2.01. The Kier molecular flexibility index (Phi) is 1.94. The molecule has 82 valence electrons. The van der Waals surface area contributed by atoms with Crippen LogP contribution in [0.15, 0.2) is 6.07 Å². The molecule has 0 fully saturated rings. The molecule has 1 aliphatic rings. The molecule has 16 heavy (non-hydrogen) atoms. The zero-order chi connectivity index (χ0) is 12.0. The van der Waals surface area contributed by atoms with Crippen LogP contribution in [0.1, 0.15) is 10.4 Å². The van der Waals surface area contributed by atoms with E-state index in [2.05, 4.69) is 0 Å². The second kappa shape index (κ2) is 3.05. The van der Waals surface area contributed by atoms with Gasteiger partial charge in [0.2, 0.25) is 5.82 Å². The third kappa shape index (κ3) is 1.16. The van der Waals surface area contributed by atoms with E-state index in [1.54, 1.807) is 0 Å². The van der Waals surface area contributed by atoms with Gasteiger partial charge < -0.3 is 5.32 Å². The molecule has 1 N–H and O–H groups in total. The van der Waals surface area contributed by atoms with Crippen molar-refractivity contribution in [2.45, 2.75) is 0 Å². The fourth-order valence-corrected chi connectivity index (χ4v) is 1.38. The summed E-state index contributed by atoms with van der Waals surface area (Å²) in [5.41, 5.74) is -2.37. The van der Waals surface area contributed by atoms with E-state index < -0.39 is 45.2 Å². The van der Waals surface area contributed by atoms with Crippen LogP contribution >= 0.6 is 0 Å². The highest BCUT2D eigenvalue weighted by Gasteiger charge is 2.38. The lowest BCUT2D eigenvalue weighted by Crippen LogP contribution is -2.12. The van der Waals surface area contributed by atoms with Crippen LogP contribution in [-0.4, -0.2) is 16.6 Å². The lowest BCUT2D eigenvalue weighted by atomic mass is 10.1. The zero-order valence-electron chi connectivity index (χ0n) is 7.41. The Morgan fingerprint density at radius 2 is 1.94 bits per heavy atom. The van der Waals surface area contributed by atoms with Crippen molar-refractivity contribution < 1.29 is 23.3 Å². The van der Waals surface area contributed by atoms with Crippen molar-refractivity contribution in [3.05, 3.63) is 33.4 Å². The van der Waals surface area contributed by atoms with E-state index in [9.17, 15) is 28.5 Å². The van der Waals surface area contributed by atoms with Crippen molar-refractivity contribution >= 4 is 23.1 Å². The summed E-state index contributed by atoms with van der Waals surface area (Å²) in [6.07, 6.45) is 0. The van der Waals surface area contributed by atoms with Crippen molar-refractivity contribution in [1.29, 1.82) is 0 Å². The molecule has 1 aromatic carbocycles. The van der Waals surface area contributed by atoms with Crippen molar-refractivity contribution in [2.24, 2.45) is 0 Å². The molecule has 0 unspecified atom stereocenters. The van der Waals surface area contributed by atoms with Crippen LogP contribution in [0.5, 0.6) is 0 Å². The Morgan fingerprint density at radius 1 is 1.31 bits per heavy atom. The molecule has 0 bridgehead atoms. The van der Waals surface area contributed by atoms with Crippen molar-refractivity contribution in [3.8, 4) is 0 Å². The molecule has 0 saturated heterocycles. The molecule has 1 amide bonds. The van der Waals surface area contributed by atoms with Crippen LogP contribution in [0.2, 0.25) is 0 Å². The average Bonchev–Trinajstić information content (AvgIpc) is 2.45. The van der Waals surface area contributed by atoms with Crippen molar-refractivity contribution in [2.75, 3.05) is 5.32 Å². The fraction of sp³-hybridized carbons (Fsp3) is 0. The van der Waals surface area contributed by atoms with Gasteiger partial charge in [-0.2, -0.15) is 4.39 Å². The van der Waals surface area contributed by atoms with Crippen LogP contribution in [-0.2, 0) is 4.79 Å². The number of Topliss-reactive ketones (excluding diaryl/α,β-unsaturated/α-hetero) is 1. The molecule has 0 aliphatic carbocycles. The van der Waals surface area contributed by atoms with Crippen LogP contribution in [0.3, 0.4) is 0 Å². The van der Waals surface area contributed by atoms with E-state index in [4.69, 9.17) is 0 Å². The van der Waals surface area contributed by atoms with E-state index in [1.165, 1.54) is 0 Å². The molecule has 6 nitrogen and oxygen atoms in total. The number of nitro benzene ring substituents is 1. The molecule has 0 aromatic heterocycles. The average molecular weight is 228 g/mol. The molecular formula is C8H2F2N2O4. The van der Waals surface area contributed by atoms with Gasteiger partial charge in [-0.3, -0.25) is 19.7 Å². The SMILES string of the molecule is O=C1Nc2c(cc(F)c(F)c2[N+](=O)[O-])C1=O. The van der Waals surface area contributed by atoms with Crippen LogP contribution in [0.25, 0.3) is 0 Å². The number of anilines is 1. The number of carbonyl (C=O) groups excluding carboxylic acids is 2. The Hall–Kier alpha value is -2.38. The van der Waals surface area contributed by atoms with E-state index in [0.717, 1.165) is 0 Å². The predicted molar refractivity (Wildman–Crippen MR) is 46.0 cm³/mol. The highest BCUT2D eigenvalue weighted by Crippen LogP contribution is 2.36. The molecule has 0 saturated carbocycles. The smallest absolute Gasteiger partial charge is 0.313 e. The topological polar surface area (TPSA) is 89.3 Å². The molecular weight excluding hydrogens is 226 g/mol. The van der Waals surface area contributed by atoms with Crippen molar-refractivity contribution in [1.82, 2.24) is 0 Å². The van der Waals surface area contributed by atoms with E-state index in [0.29, 0.717) is 6.07 Å². The number of carbonyl (C=O) groups is 2. The first-order valence-electron chi connectivity index (χ1n) is 3.95. The van der Waals surface area contributed by atoms with Gasteiger partial charge in [0.15, 0.2) is 5.82 Å². The van der Waals surface area contributed by atoms with Crippen LogP contribution in [0, 0.1) is 21.7 Å². The third-order valence-corrected chi connectivity index (χ3v) is 2.07. The summed E-state index contributed by atoms with van der Waals surface area (Å²) in [6, 6.07) is 0.456.